The van der Waals surface area contributed by atoms with Crippen molar-refractivity contribution in [1.29, 1.82) is 0 Å². The van der Waals surface area contributed by atoms with Crippen molar-refractivity contribution in [2.45, 2.75) is 25.8 Å². The highest BCUT2D eigenvalue weighted by Gasteiger charge is 2.22. The number of nitrogens with zero attached hydrogens (tertiary/aromatic N) is 1. The maximum absolute atomic E-state index is 12.3. The molecule has 0 fully saturated rings. The third kappa shape index (κ3) is 4.34. The maximum atomic E-state index is 12.3. The summed E-state index contributed by atoms with van der Waals surface area (Å²) in [6.07, 6.45) is 2.13. The van der Waals surface area contributed by atoms with Crippen LogP contribution in [0.15, 0.2) is 42.5 Å². The predicted molar refractivity (Wildman–Crippen MR) is 120 cm³/mol. The number of likely N-dealkylation sites (N-methyl/N-ethyl adjacent to an activating group) is 1. The molecule has 2 N–H and O–H groups in total. The van der Waals surface area contributed by atoms with Crippen LogP contribution in [0.1, 0.15) is 28.4 Å². The molecule has 0 saturated heterocycles. The third-order valence-electron chi connectivity index (χ3n) is 4.39. The van der Waals surface area contributed by atoms with E-state index in [0.717, 1.165) is 29.6 Å². The van der Waals surface area contributed by atoms with Crippen molar-refractivity contribution in [2.75, 3.05) is 11.9 Å². The lowest BCUT2D eigenvalue weighted by Gasteiger charge is -2.08. The van der Waals surface area contributed by atoms with Crippen LogP contribution in [-0.2, 0) is 12.8 Å². The Balaban J connectivity index is 0.00000121. The molecule has 7 heteroatoms. The van der Waals surface area contributed by atoms with E-state index in [4.69, 9.17) is 0 Å². The van der Waals surface area contributed by atoms with Crippen LogP contribution >= 0.6 is 45.3 Å². The molecule has 3 aromatic rings. The molecule has 1 aliphatic rings. The smallest absolute Gasteiger partial charge is 0.257 e. The van der Waals surface area contributed by atoms with Crippen molar-refractivity contribution < 1.29 is 4.79 Å². The fraction of sp³-hybridized carbons (Fsp3) is 0.263. The number of rotatable bonds is 4. The van der Waals surface area contributed by atoms with Crippen molar-refractivity contribution in [3.8, 4) is 0 Å². The van der Waals surface area contributed by atoms with Gasteiger partial charge in [-0.25, -0.2) is 4.98 Å². The zero-order valence-electron chi connectivity index (χ0n) is 14.3. The Labute approximate surface area is 178 Å². The number of carbonyl (C=O) groups is 1. The molecular weight excluding hydrogens is 478 g/mol. The maximum Gasteiger partial charge on any atom is 0.257 e. The molecule has 1 amide bonds. The van der Waals surface area contributed by atoms with Gasteiger partial charge in [-0.3, -0.25) is 10.1 Å². The molecule has 0 saturated carbocycles. The van der Waals surface area contributed by atoms with E-state index in [9.17, 15) is 4.79 Å². The topological polar surface area (TPSA) is 54.0 Å². The summed E-state index contributed by atoms with van der Waals surface area (Å²) in [7, 11) is 0. The molecular formula is C19H21Br2N3OS. The molecule has 1 heterocycles. The van der Waals surface area contributed by atoms with Crippen LogP contribution in [0.2, 0.25) is 0 Å². The molecule has 0 unspecified atom stereocenters. The van der Waals surface area contributed by atoms with Crippen molar-refractivity contribution in [3.63, 3.8) is 0 Å². The largest absolute Gasteiger partial charge is 0.314 e. The standard InChI is InChI=1S/C19H19N3OS.2BrH/c1-2-20-15-8-13-10-16-17(11-14(13)9-15)24-19(21-16)22-18(23)12-6-4-3-5-7-12;;/h3-7,10-11,15,20H,2,8-9H2,1H3,(H,21,22,23);2*1H/t15-;;/m1../s1. The lowest BCUT2D eigenvalue weighted by Crippen LogP contribution is -2.28. The Morgan fingerprint density at radius 1 is 1.15 bits per heavy atom. The number of hydrogen-bond donors (Lipinski definition) is 2. The van der Waals surface area contributed by atoms with E-state index in [1.807, 2.05) is 18.2 Å². The van der Waals surface area contributed by atoms with Gasteiger partial charge in [-0.2, -0.15) is 0 Å². The highest BCUT2D eigenvalue weighted by Crippen LogP contribution is 2.32. The highest BCUT2D eigenvalue weighted by atomic mass is 79.9. The number of fused-ring (bicyclic) bond motifs is 2. The summed E-state index contributed by atoms with van der Waals surface area (Å²) < 4.78 is 1.13. The van der Waals surface area contributed by atoms with Gasteiger partial charge in [0.1, 0.15) is 0 Å². The van der Waals surface area contributed by atoms with Crippen LogP contribution in [0.3, 0.4) is 0 Å². The van der Waals surface area contributed by atoms with Crippen molar-refractivity contribution in [1.82, 2.24) is 10.3 Å². The minimum absolute atomic E-state index is 0. The van der Waals surface area contributed by atoms with Gasteiger partial charge >= 0.3 is 0 Å². The van der Waals surface area contributed by atoms with Crippen molar-refractivity contribution in [2.24, 2.45) is 0 Å². The lowest BCUT2D eigenvalue weighted by atomic mass is 10.1. The molecule has 0 spiro atoms. The summed E-state index contributed by atoms with van der Waals surface area (Å²) in [5.74, 6) is -0.116. The lowest BCUT2D eigenvalue weighted by molar-refractivity contribution is 0.102. The first-order valence-corrected chi connectivity index (χ1v) is 9.06. The van der Waals surface area contributed by atoms with E-state index in [-0.39, 0.29) is 39.9 Å². The number of aromatic nitrogens is 1. The number of halogens is 2. The van der Waals surface area contributed by atoms with Gasteiger partial charge in [-0.05, 0) is 54.8 Å². The molecule has 0 bridgehead atoms. The SMILES string of the molecule is Br.Br.CCN[C@@H]1Cc2cc3nc(NC(=O)c4ccccc4)sc3cc2C1. The van der Waals surface area contributed by atoms with Crippen LogP contribution < -0.4 is 10.6 Å². The second-order valence-electron chi connectivity index (χ2n) is 6.09. The van der Waals surface area contributed by atoms with Crippen LogP contribution in [0, 0.1) is 0 Å². The Bertz CT molecular complexity index is 855. The normalized spacial score (nSPS) is 15.0. The van der Waals surface area contributed by atoms with Crippen molar-refractivity contribution in [3.05, 3.63) is 59.2 Å². The minimum Gasteiger partial charge on any atom is -0.314 e. The molecule has 1 atom stereocenters. The molecule has 0 radical (unpaired) electrons. The van der Waals surface area contributed by atoms with Gasteiger partial charge in [-0.15, -0.1) is 34.0 Å². The molecule has 1 aliphatic carbocycles. The van der Waals surface area contributed by atoms with Crippen LogP contribution in [0.25, 0.3) is 10.2 Å². The molecule has 2 aromatic carbocycles. The first-order valence-electron chi connectivity index (χ1n) is 8.25. The summed E-state index contributed by atoms with van der Waals surface area (Å²) in [5, 5.41) is 7.09. The van der Waals surface area contributed by atoms with Gasteiger partial charge in [0.05, 0.1) is 10.2 Å². The van der Waals surface area contributed by atoms with Crippen LogP contribution in [0.4, 0.5) is 5.13 Å². The Morgan fingerprint density at radius 3 is 2.54 bits per heavy atom. The van der Waals surface area contributed by atoms with Crippen LogP contribution in [0.5, 0.6) is 0 Å². The van der Waals surface area contributed by atoms with Crippen LogP contribution in [-0.4, -0.2) is 23.5 Å². The Morgan fingerprint density at radius 2 is 1.85 bits per heavy atom. The summed E-state index contributed by atoms with van der Waals surface area (Å²) in [6, 6.07) is 14.2. The molecule has 4 rings (SSSR count). The fourth-order valence-electron chi connectivity index (χ4n) is 3.29. The molecule has 0 aliphatic heterocycles. The number of benzene rings is 2. The summed E-state index contributed by atoms with van der Waals surface area (Å²) in [6.45, 7) is 3.14. The second-order valence-corrected chi connectivity index (χ2v) is 7.12. The Hall–Kier alpha value is -1.28. The highest BCUT2D eigenvalue weighted by molar-refractivity contribution is 8.93. The van der Waals surface area contributed by atoms with E-state index in [1.54, 1.807) is 12.1 Å². The number of anilines is 1. The average Bonchev–Trinajstić information content (AvgIpc) is 3.15. The van der Waals surface area contributed by atoms with E-state index >= 15 is 0 Å². The van der Waals surface area contributed by atoms with Gasteiger partial charge in [-0.1, -0.05) is 36.5 Å². The first kappa shape index (κ1) is 21.0. The van der Waals surface area contributed by atoms with Gasteiger partial charge < -0.3 is 5.32 Å². The molecule has 4 nitrogen and oxygen atoms in total. The Kier molecular flexibility index (Phi) is 7.34. The number of thiazole rings is 1. The summed E-state index contributed by atoms with van der Waals surface area (Å²) in [5.41, 5.74) is 4.39. The third-order valence-corrected chi connectivity index (χ3v) is 5.33. The van der Waals surface area contributed by atoms with E-state index in [0.29, 0.717) is 16.7 Å². The zero-order chi connectivity index (χ0) is 16.5. The summed E-state index contributed by atoms with van der Waals surface area (Å²) in [4.78, 5) is 16.8. The predicted octanol–water partition coefficient (Wildman–Crippen LogP) is 4.78. The van der Waals surface area contributed by atoms with Crippen molar-refractivity contribution >= 4 is 66.6 Å². The quantitative estimate of drug-likeness (QED) is 0.544. The monoisotopic (exact) mass is 497 g/mol. The number of hydrogen-bond acceptors (Lipinski definition) is 4. The molecule has 138 valence electrons. The van der Waals surface area contributed by atoms with Gasteiger partial charge in [0.25, 0.3) is 5.91 Å². The minimum atomic E-state index is -0.116. The van der Waals surface area contributed by atoms with E-state index in [1.165, 1.54) is 22.5 Å². The number of carbonyl (C=O) groups excluding carboxylic acids is 1. The fourth-order valence-corrected chi connectivity index (χ4v) is 4.19. The number of amides is 1. The second kappa shape index (κ2) is 9.08. The first-order chi connectivity index (χ1) is 11.7. The van der Waals surface area contributed by atoms with E-state index in [2.05, 4.69) is 34.7 Å². The van der Waals surface area contributed by atoms with Gasteiger partial charge in [0.15, 0.2) is 5.13 Å². The number of nitrogens with one attached hydrogen (secondary N) is 2. The molecule has 26 heavy (non-hydrogen) atoms. The molecule has 1 aromatic heterocycles. The van der Waals surface area contributed by atoms with Gasteiger partial charge in [0.2, 0.25) is 0 Å². The average molecular weight is 499 g/mol. The van der Waals surface area contributed by atoms with E-state index < -0.39 is 0 Å². The zero-order valence-corrected chi connectivity index (χ0v) is 18.6. The van der Waals surface area contributed by atoms with Gasteiger partial charge in [0, 0.05) is 11.6 Å². The summed E-state index contributed by atoms with van der Waals surface area (Å²) >= 11 is 1.54.